The van der Waals surface area contributed by atoms with Crippen LogP contribution in [0.2, 0.25) is 0 Å². The van der Waals surface area contributed by atoms with Crippen LogP contribution in [0.5, 0.6) is 0 Å². The minimum absolute atomic E-state index is 0.0560. The predicted molar refractivity (Wildman–Crippen MR) is 293 cm³/mol. The van der Waals surface area contributed by atoms with Crippen LogP contribution in [-0.4, -0.2) is 6.85 Å². The van der Waals surface area contributed by atoms with Crippen LogP contribution in [0.4, 0.5) is 28.4 Å². The number of benzene rings is 10. The van der Waals surface area contributed by atoms with Crippen molar-refractivity contribution in [2.75, 3.05) is 9.71 Å². The van der Waals surface area contributed by atoms with Gasteiger partial charge in [0.05, 0.1) is 11.1 Å². The average Bonchev–Trinajstić information content (AvgIpc) is 3.91. The van der Waals surface area contributed by atoms with E-state index in [0.717, 1.165) is 33.3 Å². The smallest absolute Gasteiger partial charge is 0.333 e. The zero-order chi connectivity index (χ0) is 46.6. The Kier molecular flexibility index (Phi) is 8.00. The third-order valence-electron chi connectivity index (χ3n) is 16.1. The highest BCUT2D eigenvalue weighted by molar-refractivity contribution is 6.94. The Morgan fingerprint density at radius 3 is 1.86 bits per heavy atom. The van der Waals surface area contributed by atoms with Gasteiger partial charge in [-0.15, -0.1) is 0 Å². The minimum atomic E-state index is -0.537. The summed E-state index contributed by atoms with van der Waals surface area (Å²) in [5.41, 5.74) is 27.5. The first kappa shape index (κ1) is 39.6. The van der Waals surface area contributed by atoms with Crippen LogP contribution < -0.4 is 20.6 Å². The lowest BCUT2D eigenvalue weighted by Crippen LogP contribution is -2.63. The number of hydrogen-bond acceptors (Lipinski definition) is 3. The topological polar surface area (TPSA) is 19.6 Å². The van der Waals surface area contributed by atoms with Crippen LogP contribution in [0.3, 0.4) is 0 Å². The van der Waals surface area contributed by atoms with E-state index in [1.165, 1.54) is 106 Å². The summed E-state index contributed by atoms with van der Waals surface area (Å²) in [6.45, 7) is 8.99. The van der Waals surface area contributed by atoms with E-state index in [4.69, 9.17) is 4.42 Å². The second kappa shape index (κ2) is 14.1. The van der Waals surface area contributed by atoms with Gasteiger partial charge < -0.3 is 14.1 Å². The van der Waals surface area contributed by atoms with E-state index in [2.05, 4.69) is 250 Å². The number of hydrogen-bond donors (Lipinski definition) is 0. The lowest BCUT2D eigenvalue weighted by atomic mass is 9.42. The molecule has 330 valence electrons. The maximum atomic E-state index is 6.89. The van der Waals surface area contributed by atoms with Crippen molar-refractivity contribution in [1.82, 2.24) is 0 Å². The van der Waals surface area contributed by atoms with Crippen molar-refractivity contribution in [1.29, 1.82) is 0 Å². The Balaban J connectivity index is 1.12. The fourth-order valence-electron chi connectivity index (χ4n) is 13.1. The number of rotatable bonds is 3. The van der Waals surface area contributed by atoms with Gasteiger partial charge in [-0.3, -0.25) is 0 Å². The molecule has 0 amide bonds. The summed E-state index contributed by atoms with van der Waals surface area (Å²) in [5.74, 6) is 0. The maximum Gasteiger partial charge on any atom is 0.333 e. The molecule has 0 unspecified atom stereocenters. The fraction of sp³-hybridized carbons (Fsp3) is 0.0909. The molecular formula is C66H47BN2O. The Hall–Kier alpha value is -8.34. The van der Waals surface area contributed by atoms with E-state index in [-0.39, 0.29) is 12.3 Å². The zero-order valence-corrected chi connectivity index (χ0v) is 39.6. The minimum Gasteiger partial charge on any atom is -0.456 e. The van der Waals surface area contributed by atoms with E-state index >= 15 is 0 Å². The van der Waals surface area contributed by atoms with Gasteiger partial charge in [0.25, 0.3) is 0 Å². The number of nitrogens with zero attached hydrogens (tertiary/aromatic N) is 2. The zero-order valence-electron chi connectivity index (χ0n) is 39.6. The van der Waals surface area contributed by atoms with Gasteiger partial charge in [0, 0.05) is 44.6 Å². The molecule has 0 bridgehead atoms. The molecule has 4 aliphatic rings. The van der Waals surface area contributed by atoms with Gasteiger partial charge in [0.2, 0.25) is 0 Å². The first-order valence-electron chi connectivity index (χ1n) is 24.7. The Morgan fingerprint density at radius 2 is 1.09 bits per heavy atom. The standard InChI is InChI=1S/C66H47BN2O/c1-40-19-8-9-22-44(40)42-35-51-48-26-18-30-55-64(48)69(58-31-16-15-29-54(58)66(55)52-27-13-10-23-45(52)46-24-11-14-28-53(46)66)67-56-39-62-50(47-25-12-17-32-61(47)70-62)38-59(56)68(60(36-42)63(51)67)57-34-33-43(65(2,3)4)37-49(57)41-20-6-5-7-21-41/h5-39H,1-4H3. The van der Waals surface area contributed by atoms with Gasteiger partial charge in [0.15, 0.2) is 0 Å². The number of fused-ring (bicyclic) bond motifs is 16. The molecule has 0 N–H and O–H groups in total. The second-order valence-corrected chi connectivity index (χ2v) is 20.8. The normalized spacial score (nSPS) is 14.3. The van der Waals surface area contributed by atoms with Crippen molar-refractivity contribution in [3.05, 3.63) is 246 Å². The highest BCUT2D eigenvalue weighted by Gasteiger charge is 2.56. The summed E-state index contributed by atoms with van der Waals surface area (Å²) in [4.78, 5) is 5.33. The summed E-state index contributed by atoms with van der Waals surface area (Å²) < 4.78 is 6.89. The van der Waals surface area contributed by atoms with E-state index in [9.17, 15) is 0 Å². The molecular weight excluding hydrogens is 848 g/mol. The quantitative estimate of drug-likeness (QED) is 0.165. The van der Waals surface area contributed by atoms with Crippen molar-refractivity contribution >= 4 is 68.1 Å². The van der Waals surface area contributed by atoms with Crippen molar-refractivity contribution in [2.45, 2.75) is 38.5 Å². The van der Waals surface area contributed by atoms with Crippen LogP contribution in [0.1, 0.15) is 54.2 Å². The number of anilines is 5. The summed E-state index contributed by atoms with van der Waals surface area (Å²) in [6.07, 6.45) is 0. The van der Waals surface area contributed by atoms with E-state index in [1.807, 2.05) is 0 Å². The van der Waals surface area contributed by atoms with Gasteiger partial charge in [-0.25, -0.2) is 0 Å². The molecule has 4 heterocycles. The molecule has 0 saturated heterocycles. The molecule has 0 fully saturated rings. The van der Waals surface area contributed by atoms with Crippen molar-refractivity contribution in [2.24, 2.45) is 0 Å². The maximum absolute atomic E-state index is 6.89. The molecule has 3 nitrogen and oxygen atoms in total. The molecule has 70 heavy (non-hydrogen) atoms. The number of furan rings is 1. The first-order chi connectivity index (χ1) is 34.3. The highest BCUT2D eigenvalue weighted by atomic mass is 16.3. The summed E-state index contributed by atoms with van der Waals surface area (Å²) >= 11 is 0. The SMILES string of the molecule is Cc1ccccc1-c1cc2c3c(c1)N(c1ccc(C(C)(C)C)cc1-c1ccccc1)c1cc4c(cc1B3N1c3ccccc3C3(c5ccccc5-c5ccccc53)c3cccc-2c31)oc1ccccc14. The molecule has 3 aliphatic heterocycles. The summed E-state index contributed by atoms with van der Waals surface area (Å²) in [5, 5.41) is 2.23. The largest absolute Gasteiger partial charge is 0.456 e. The molecule has 4 heteroatoms. The van der Waals surface area contributed by atoms with Gasteiger partial charge in [-0.05, 0) is 139 Å². The Morgan fingerprint density at radius 1 is 0.429 bits per heavy atom. The first-order valence-corrected chi connectivity index (χ1v) is 24.7. The third kappa shape index (κ3) is 5.15. The predicted octanol–water partition coefficient (Wildman–Crippen LogP) is 15.9. The van der Waals surface area contributed by atoms with Crippen LogP contribution in [-0.2, 0) is 10.8 Å². The Labute approximate surface area is 409 Å². The van der Waals surface area contributed by atoms with Gasteiger partial charge in [-0.2, -0.15) is 0 Å². The van der Waals surface area contributed by atoms with Crippen molar-refractivity contribution in [3.63, 3.8) is 0 Å². The summed E-state index contributed by atoms with van der Waals surface area (Å²) in [6, 6.07) is 80.1. The van der Waals surface area contributed by atoms with Crippen LogP contribution in [0.15, 0.2) is 217 Å². The molecule has 0 saturated carbocycles. The second-order valence-electron chi connectivity index (χ2n) is 20.8. The highest BCUT2D eigenvalue weighted by Crippen LogP contribution is 2.65. The molecule has 1 spiro atoms. The molecule has 1 aromatic heterocycles. The lowest BCUT2D eigenvalue weighted by molar-refractivity contribution is 0.590. The monoisotopic (exact) mass is 894 g/mol. The van der Waals surface area contributed by atoms with Crippen LogP contribution in [0, 0.1) is 6.92 Å². The van der Waals surface area contributed by atoms with E-state index in [1.54, 1.807) is 0 Å². The van der Waals surface area contributed by atoms with Gasteiger partial charge >= 0.3 is 6.85 Å². The molecule has 0 atom stereocenters. The van der Waals surface area contributed by atoms with Crippen molar-refractivity contribution < 1.29 is 4.42 Å². The lowest BCUT2D eigenvalue weighted by Gasteiger charge is -2.52. The molecule has 11 aromatic rings. The van der Waals surface area contributed by atoms with Crippen molar-refractivity contribution in [3.8, 4) is 44.5 Å². The average molecular weight is 895 g/mol. The molecule has 15 rings (SSSR count). The fourth-order valence-corrected chi connectivity index (χ4v) is 13.1. The molecule has 1 aliphatic carbocycles. The van der Waals surface area contributed by atoms with Gasteiger partial charge in [-0.1, -0.05) is 185 Å². The number of aryl methyl sites for hydroxylation is 1. The summed E-state index contributed by atoms with van der Waals surface area (Å²) in [7, 11) is 0. The van der Waals surface area contributed by atoms with E-state index < -0.39 is 5.41 Å². The molecule has 0 radical (unpaired) electrons. The van der Waals surface area contributed by atoms with Gasteiger partial charge in [0.1, 0.15) is 11.2 Å². The third-order valence-corrected chi connectivity index (χ3v) is 16.1. The molecule has 10 aromatic carbocycles. The number of para-hydroxylation sites is 3. The Bertz CT molecular complexity index is 4000. The van der Waals surface area contributed by atoms with E-state index in [0.29, 0.717) is 0 Å². The van der Waals surface area contributed by atoms with Crippen LogP contribution in [0.25, 0.3) is 66.4 Å². The van der Waals surface area contributed by atoms with Crippen LogP contribution >= 0.6 is 0 Å².